The first kappa shape index (κ1) is 14.1. The Morgan fingerprint density at radius 3 is 2.62 bits per heavy atom. The van der Waals surface area contributed by atoms with Gasteiger partial charge in [0.25, 0.3) is 0 Å². The van der Waals surface area contributed by atoms with Crippen molar-refractivity contribution in [1.82, 2.24) is 9.55 Å². The molecule has 0 bridgehead atoms. The van der Waals surface area contributed by atoms with E-state index in [0.29, 0.717) is 6.61 Å². The van der Waals surface area contributed by atoms with Crippen molar-refractivity contribution in [2.75, 3.05) is 13.7 Å². The first-order chi connectivity index (χ1) is 10.2. The fourth-order valence-electron chi connectivity index (χ4n) is 2.43. The van der Waals surface area contributed by atoms with Gasteiger partial charge in [0.15, 0.2) is 0 Å². The van der Waals surface area contributed by atoms with E-state index in [1.807, 2.05) is 18.2 Å². The zero-order valence-electron chi connectivity index (χ0n) is 12.1. The van der Waals surface area contributed by atoms with Crippen LogP contribution in [0, 0.1) is 6.92 Å². The van der Waals surface area contributed by atoms with Crippen molar-refractivity contribution in [1.29, 1.82) is 0 Å². The van der Waals surface area contributed by atoms with E-state index in [-0.39, 0.29) is 0 Å². The average Bonchev–Trinajstić information content (AvgIpc) is 2.83. The minimum absolute atomic E-state index is 0.636. The normalized spacial score (nSPS) is 11.2. The lowest BCUT2D eigenvalue weighted by Crippen LogP contribution is -2.06. The SMILES string of the molecule is COCCn1c(-c2ccc(C)cc2)nc2ccc(Cl)cc21. The van der Waals surface area contributed by atoms with E-state index in [0.717, 1.165) is 34.0 Å². The third-order valence-corrected chi connectivity index (χ3v) is 3.77. The topological polar surface area (TPSA) is 27.1 Å². The molecular formula is C17H17ClN2O. The number of imidazole rings is 1. The molecule has 0 unspecified atom stereocenters. The molecule has 3 rings (SSSR count). The molecule has 0 saturated heterocycles. The Hall–Kier alpha value is -1.84. The van der Waals surface area contributed by atoms with Crippen LogP contribution in [0.1, 0.15) is 5.56 Å². The molecule has 0 atom stereocenters. The summed E-state index contributed by atoms with van der Waals surface area (Å²) in [5, 5.41) is 0.719. The number of nitrogens with zero attached hydrogens (tertiary/aromatic N) is 2. The quantitative estimate of drug-likeness (QED) is 0.718. The van der Waals surface area contributed by atoms with Crippen LogP contribution in [0.25, 0.3) is 22.4 Å². The number of halogens is 1. The summed E-state index contributed by atoms with van der Waals surface area (Å²) in [4.78, 5) is 4.76. The Kier molecular flexibility index (Phi) is 3.95. The van der Waals surface area contributed by atoms with Gasteiger partial charge in [-0.25, -0.2) is 4.98 Å². The van der Waals surface area contributed by atoms with Crippen molar-refractivity contribution < 1.29 is 4.74 Å². The maximum absolute atomic E-state index is 6.13. The maximum Gasteiger partial charge on any atom is 0.141 e. The fourth-order valence-corrected chi connectivity index (χ4v) is 2.59. The van der Waals surface area contributed by atoms with Gasteiger partial charge in [0.05, 0.1) is 17.6 Å². The first-order valence-corrected chi connectivity index (χ1v) is 7.28. The summed E-state index contributed by atoms with van der Waals surface area (Å²) in [7, 11) is 1.71. The smallest absolute Gasteiger partial charge is 0.141 e. The van der Waals surface area contributed by atoms with Gasteiger partial charge in [0, 0.05) is 24.2 Å². The summed E-state index contributed by atoms with van der Waals surface area (Å²) in [5.74, 6) is 0.948. The Morgan fingerprint density at radius 1 is 1.14 bits per heavy atom. The first-order valence-electron chi connectivity index (χ1n) is 6.91. The minimum atomic E-state index is 0.636. The molecule has 0 aliphatic carbocycles. The van der Waals surface area contributed by atoms with Crippen LogP contribution < -0.4 is 0 Å². The van der Waals surface area contributed by atoms with E-state index in [2.05, 4.69) is 35.8 Å². The van der Waals surface area contributed by atoms with Crippen LogP contribution in [0.3, 0.4) is 0 Å². The van der Waals surface area contributed by atoms with Gasteiger partial charge >= 0.3 is 0 Å². The van der Waals surface area contributed by atoms with E-state index < -0.39 is 0 Å². The summed E-state index contributed by atoms with van der Waals surface area (Å²) in [6.07, 6.45) is 0. The van der Waals surface area contributed by atoms with Gasteiger partial charge in [-0.1, -0.05) is 41.4 Å². The minimum Gasteiger partial charge on any atom is -0.383 e. The number of methoxy groups -OCH3 is 1. The van der Waals surface area contributed by atoms with Crippen LogP contribution >= 0.6 is 11.6 Å². The summed E-state index contributed by atoms with van der Waals surface area (Å²) in [6.45, 7) is 3.46. The van der Waals surface area contributed by atoms with Gasteiger partial charge in [-0.15, -0.1) is 0 Å². The number of rotatable bonds is 4. The van der Waals surface area contributed by atoms with Gasteiger partial charge in [-0.05, 0) is 25.1 Å². The Morgan fingerprint density at radius 2 is 1.90 bits per heavy atom. The second kappa shape index (κ2) is 5.88. The van der Waals surface area contributed by atoms with E-state index in [1.54, 1.807) is 7.11 Å². The van der Waals surface area contributed by atoms with Gasteiger partial charge in [-0.3, -0.25) is 0 Å². The molecule has 3 nitrogen and oxygen atoms in total. The molecule has 3 aromatic rings. The number of fused-ring (bicyclic) bond motifs is 1. The number of benzene rings is 2. The predicted molar refractivity (Wildman–Crippen MR) is 86.8 cm³/mol. The number of aryl methyl sites for hydroxylation is 1. The Labute approximate surface area is 129 Å². The largest absolute Gasteiger partial charge is 0.383 e. The molecular weight excluding hydrogens is 284 g/mol. The third kappa shape index (κ3) is 2.80. The monoisotopic (exact) mass is 300 g/mol. The Balaban J connectivity index is 2.18. The van der Waals surface area contributed by atoms with Crippen molar-refractivity contribution in [3.05, 3.63) is 53.1 Å². The summed E-state index contributed by atoms with van der Waals surface area (Å²) < 4.78 is 7.38. The lowest BCUT2D eigenvalue weighted by atomic mass is 10.1. The van der Waals surface area contributed by atoms with Crippen LogP contribution in [0.5, 0.6) is 0 Å². The molecule has 21 heavy (non-hydrogen) atoms. The van der Waals surface area contributed by atoms with Gasteiger partial charge in [0.2, 0.25) is 0 Å². The summed E-state index contributed by atoms with van der Waals surface area (Å²) in [6, 6.07) is 14.2. The number of hydrogen-bond acceptors (Lipinski definition) is 2. The van der Waals surface area contributed by atoms with Crippen LogP contribution in [0.2, 0.25) is 5.02 Å². The molecule has 0 aliphatic heterocycles. The van der Waals surface area contributed by atoms with Gasteiger partial charge < -0.3 is 9.30 Å². The van der Waals surface area contributed by atoms with E-state index in [4.69, 9.17) is 21.3 Å². The molecule has 0 aliphatic rings. The van der Waals surface area contributed by atoms with Crippen molar-refractivity contribution in [3.63, 3.8) is 0 Å². The molecule has 0 fully saturated rings. The second-order valence-electron chi connectivity index (χ2n) is 5.08. The number of hydrogen-bond donors (Lipinski definition) is 0. The van der Waals surface area contributed by atoms with Crippen molar-refractivity contribution in [2.24, 2.45) is 0 Å². The molecule has 1 aromatic heterocycles. The molecule has 0 radical (unpaired) electrons. The van der Waals surface area contributed by atoms with Gasteiger partial charge in [-0.2, -0.15) is 0 Å². The standard InChI is InChI=1S/C17H17ClN2O/c1-12-3-5-13(6-4-12)17-19-15-8-7-14(18)11-16(15)20(17)9-10-21-2/h3-8,11H,9-10H2,1-2H3. The average molecular weight is 301 g/mol. The van der Waals surface area contributed by atoms with Crippen molar-refractivity contribution >= 4 is 22.6 Å². The zero-order chi connectivity index (χ0) is 14.8. The van der Waals surface area contributed by atoms with Crippen molar-refractivity contribution in [3.8, 4) is 11.4 Å². The van der Waals surface area contributed by atoms with E-state index in [9.17, 15) is 0 Å². The highest BCUT2D eigenvalue weighted by Crippen LogP contribution is 2.27. The predicted octanol–water partition coefficient (Wildman–Crippen LogP) is 4.31. The number of ether oxygens (including phenoxy) is 1. The molecule has 0 amide bonds. The maximum atomic E-state index is 6.13. The number of aromatic nitrogens is 2. The van der Waals surface area contributed by atoms with Crippen LogP contribution in [0.15, 0.2) is 42.5 Å². The molecule has 0 N–H and O–H groups in total. The van der Waals surface area contributed by atoms with Crippen LogP contribution in [0.4, 0.5) is 0 Å². The highest BCUT2D eigenvalue weighted by atomic mass is 35.5. The van der Waals surface area contributed by atoms with Crippen LogP contribution in [-0.4, -0.2) is 23.3 Å². The highest BCUT2D eigenvalue weighted by Gasteiger charge is 2.12. The second-order valence-corrected chi connectivity index (χ2v) is 5.52. The fraction of sp³-hybridized carbons (Fsp3) is 0.235. The molecule has 4 heteroatoms. The summed E-state index contributed by atoms with van der Waals surface area (Å²) in [5.41, 5.74) is 4.33. The zero-order valence-corrected chi connectivity index (χ0v) is 12.9. The lowest BCUT2D eigenvalue weighted by molar-refractivity contribution is 0.188. The van der Waals surface area contributed by atoms with Crippen molar-refractivity contribution in [2.45, 2.75) is 13.5 Å². The molecule has 2 aromatic carbocycles. The third-order valence-electron chi connectivity index (χ3n) is 3.54. The van der Waals surface area contributed by atoms with E-state index in [1.165, 1.54) is 5.56 Å². The molecule has 0 saturated carbocycles. The molecule has 1 heterocycles. The van der Waals surface area contributed by atoms with E-state index >= 15 is 0 Å². The lowest BCUT2D eigenvalue weighted by Gasteiger charge is -2.09. The Bertz CT molecular complexity index is 762. The molecule has 108 valence electrons. The van der Waals surface area contributed by atoms with Crippen LogP contribution in [-0.2, 0) is 11.3 Å². The highest BCUT2D eigenvalue weighted by molar-refractivity contribution is 6.31. The molecule has 0 spiro atoms. The summed E-state index contributed by atoms with van der Waals surface area (Å²) >= 11 is 6.13. The van der Waals surface area contributed by atoms with Gasteiger partial charge in [0.1, 0.15) is 5.82 Å².